The molecule has 4 aliphatic rings. The van der Waals surface area contributed by atoms with Gasteiger partial charge in [-0.1, -0.05) is 20.4 Å². The molecule has 4 aliphatic carbocycles. The van der Waals surface area contributed by atoms with Gasteiger partial charge in [-0.2, -0.15) is 0 Å². The summed E-state index contributed by atoms with van der Waals surface area (Å²) in [6.07, 6.45) is 8.13. The van der Waals surface area contributed by atoms with Crippen LogP contribution in [0.2, 0.25) is 0 Å². The van der Waals surface area contributed by atoms with Crippen molar-refractivity contribution in [3.8, 4) is 0 Å². The van der Waals surface area contributed by atoms with E-state index in [2.05, 4.69) is 20.4 Å². The van der Waals surface area contributed by atoms with Crippen LogP contribution in [-0.2, 0) is 9.53 Å². The van der Waals surface area contributed by atoms with E-state index in [4.69, 9.17) is 4.74 Å². The van der Waals surface area contributed by atoms with E-state index in [1.165, 1.54) is 6.08 Å². The molecular weight excluding hydrogens is 264 g/mol. The molecule has 3 heteroatoms. The van der Waals surface area contributed by atoms with Crippen molar-refractivity contribution in [1.82, 2.24) is 0 Å². The molecule has 0 saturated heterocycles. The molecule has 4 fully saturated rings. The van der Waals surface area contributed by atoms with Crippen LogP contribution >= 0.6 is 0 Å². The summed E-state index contributed by atoms with van der Waals surface area (Å²) in [5.74, 6) is 1.36. The molecule has 0 aliphatic heterocycles. The van der Waals surface area contributed by atoms with E-state index in [-0.39, 0.29) is 11.6 Å². The summed E-state index contributed by atoms with van der Waals surface area (Å²) in [5.41, 5.74) is -0.857. The molecule has 21 heavy (non-hydrogen) atoms. The van der Waals surface area contributed by atoms with Gasteiger partial charge in [-0.15, -0.1) is 0 Å². The quantitative estimate of drug-likeness (QED) is 0.623. The van der Waals surface area contributed by atoms with Gasteiger partial charge >= 0.3 is 5.97 Å². The first kappa shape index (κ1) is 15.1. The maximum absolute atomic E-state index is 12.0. The van der Waals surface area contributed by atoms with Gasteiger partial charge in [0.25, 0.3) is 0 Å². The number of carbonyl (C=O) groups is 1. The van der Waals surface area contributed by atoms with E-state index in [1.54, 1.807) is 0 Å². The number of ether oxygens (including phenoxy) is 1. The molecule has 118 valence electrons. The minimum absolute atomic E-state index is 0.290. The fourth-order valence-corrected chi connectivity index (χ4v) is 6.02. The van der Waals surface area contributed by atoms with Crippen molar-refractivity contribution in [2.75, 3.05) is 0 Å². The van der Waals surface area contributed by atoms with E-state index in [0.717, 1.165) is 44.9 Å². The SMILES string of the molecule is C=CC(=O)OC1(C(CC)CC)C2CC3CC1CC(O)(C3)C2. The average Bonchev–Trinajstić information content (AvgIpc) is 2.43. The van der Waals surface area contributed by atoms with Crippen LogP contribution in [0.1, 0.15) is 58.8 Å². The van der Waals surface area contributed by atoms with Crippen LogP contribution in [0.4, 0.5) is 0 Å². The van der Waals surface area contributed by atoms with E-state index in [1.807, 2.05) is 0 Å². The van der Waals surface area contributed by atoms with E-state index in [9.17, 15) is 9.90 Å². The predicted molar refractivity (Wildman–Crippen MR) is 81.6 cm³/mol. The highest BCUT2D eigenvalue weighted by Gasteiger charge is 2.65. The summed E-state index contributed by atoms with van der Waals surface area (Å²) in [6, 6.07) is 0. The van der Waals surface area contributed by atoms with Gasteiger partial charge in [0.05, 0.1) is 5.60 Å². The lowest BCUT2D eigenvalue weighted by Crippen LogP contribution is -2.67. The van der Waals surface area contributed by atoms with Crippen LogP contribution in [-0.4, -0.2) is 22.3 Å². The first-order chi connectivity index (χ1) is 9.97. The Morgan fingerprint density at radius 3 is 2.29 bits per heavy atom. The first-order valence-electron chi connectivity index (χ1n) is 8.55. The zero-order valence-corrected chi connectivity index (χ0v) is 13.3. The molecular formula is C18H28O3. The van der Waals surface area contributed by atoms with Crippen LogP contribution in [0.15, 0.2) is 12.7 Å². The second-order valence-electron chi connectivity index (χ2n) is 7.56. The monoisotopic (exact) mass is 292 g/mol. The molecule has 0 spiro atoms. The van der Waals surface area contributed by atoms with Crippen molar-refractivity contribution in [1.29, 1.82) is 0 Å². The molecule has 0 heterocycles. The Bertz CT molecular complexity index is 422. The Labute approximate surface area is 127 Å². The number of hydrogen-bond donors (Lipinski definition) is 1. The van der Waals surface area contributed by atoms with Gasteiger partial charge in [-0.3, -0.25) is 0 Å². The third-order valence-corrected chi connectivity index (χ3v) is 6.50. The molecule has 0 amide bonds. The topological polar surface area (TPSA) is 46.5 Å². The number of rotatable bonds is 5. The van der Waals surface area contributed by atoms with Crippen LogP contribution in [0.25, 0.3) is 0 Å². The van der Waals surface area contributed by atoms with Crippen molar-refractivity contribution < 1.29 is 14.6 Å². The highest BCUT2D eigenvalue weighted by molar-refractivity contribution is 5.81. The van der Waals surface area contributed by atoms with Crippen molar-refractivity contribution in [2.24, 2.45) is 23.7 Å². The summed E-state index contributed by atoms with van der Waals surface area (Å²) >= 11 is 0. The second kappa shape index (κ2) is 5.12. The third-order valence-electron chi connectivity index (χ3n) is 6.50. The van der Waals surface area contributed by atoms with E-state index >= 15 is 0 Å². The Morgan fingerprint density at radius 1 is 1.29 bits per heavy atom. The fraction of sp³-hybridized carbons (Fsp3) is 0.833. The van der Waals surface area contributed by atoms with E-state index in [0.29, 0.717) is 23.7 Å². The van der Waals surface area contributed by atoms with Crippen molar-refractivity contribution in [2.45, 2.75) is 70.0 Å². The van der Waals surface area contributed by atoms with Gasteiger partial charge in [0.15, 0.2) is 0 Å². The number of hydrogen-bond acceptors (Lipinski definition) is 3. The Morgan fingerprint density at radius 2 is 1.86 bits per heavy atom. The summed E-state index contributed by atoms with van der Waals surface area (Å²) in [7, 11) is 0. The lowest BCUT2D eigenvalue weighted by atomic mass is 9.45. The Hall–Kier alpha value is -0.830. The van der Waals surface area contributed by atoms with Crippen molar-refractivity contribution in [3.63, 3.8) is 0 Å². The highest BCUT2D eigenvalue weighted by atomic mass is 16.6. The highest BCUT2D eigenvalue weighted by Crippen LogP contribution is 2.63. The maximum Gasteiger partial charge on any atom is 0.330 e. The normalized spacial score (nSPS) is 44.1. The van der Waals surface area contributed by atoms with Gasteiger partial charge in [-0.25, -0.2) is 4.79 Å². The molecule has 0 aromatic rings. The minimum Gasteiger partial charge on any atom is -0.455 e. The Kier molecular flexibility index (Phi) is 3.67. The van der Waals surface area contributed by atoms with E-state index < -0.39 is 5.60 Å². The van der Waals surface area contributed by atoms with Gasteiger partial charge in [0.1, 0.15) is 5.60 Å². The smallest absolute Gasteiger partial charge is 0.330 e. The molecule has 2 atom stereocenters. The largest absolute Gasteiger partial charge is 0.455 e. The maximum atomic E-state index is 12.0. The molecule has 4 bridgehead atoms. The van der Waals surface area contributed by atoms with Crippen LogP contribution in [0, 0.1) is 23.7 Å². The van der Waals surface area contributed by atoms with Gasteiger partial charge in [0.2, 0.25) is 0 Å². The molecule has 2 unspecified atom stereocenters. The van der Waals surface area contributed by atoms with Crippen molar-refractivity contribution >= 4 is 5.97 Å². The molecule has 0 aromatic carbocycles. The van der Waals surface area contributed by atoms with Crippen molar-refractivity contribution in [3.05, 3.63) is 12.7 Å². The molecule has 0 radical (unpaired) electrons. The number of esters is 1. The summed E-state index contributed by atoms with van der Waals surface area (Å²) in [6.45, 7) is 7.96. The second-order valence-corrected chi connectivity index (χ2v) is 7.56. The molecule has 0 aromatic heterocycles. The van der Waals surface area contributed by atoms with Gasteiger partial charge in [-0.05, 0) is 56.8 Å². The summed E-state index contributed by atoms with van der Waals surface area (Å²) < 4.78 is 6.08. The Balaban J connectivity index is 1.99. The number of aliphatic hydroxyl groups is 1. The number of carbonyl (C=O) groups excluding carboxylic acids is 1. The predicted octanol–water partition coefficient (Wildman–Crippen LogP) is 3.46. The minimum atomic E-state index is -0.493. The summed E-state index contributed by atoms with van der Waals surface area (Å²) in [5, 5.41) is 10.8. The zero-order chi connectivity index (χ0) is 15.3. The standard InChI is InChI=1S/C18H28O3/c1-4-13(5-2)18(21-16(19)6-3)14-7-12-8-15(18)11-17(20,9-12)10-14/h6,12-15,20H,3-5,7-11H2,1-2H3. The lowest BCUT2D eigenvalue weighted by molar-refractivity contribution is -0.257. The third kappa shape index (κ3) is 2.16. The van der Waals surface area contributed by atoms with Crippen LogP contribution < -0.4 is 0 Å². The molecule has 1 N–H and O–H groups in total. The average molecular weight is 292 g/mol. The summed E-state index contributed by atoms with van der Waals surface area (Å²) in [4.78, 5) is 12.0. The van der Waals surface area contributed by atoms with Crippen LogP contribution in [0.3, 0.4) is 0 Å². The fourth-order valence-electron chi connectivity index (χ4n) is 6.02. The first-order valence-corrected chi connectivity index (χ1v) is 8.55. The van der Waals surface area contributed by atoms with Crippen LogP contribution in [0.5, 0.6) is 0 Å². The molecule has 4 saturated carbocycles. The lowest BCUT2D eigenvalue weighted by Gasteiger charge is -2.64. The van der Waals surface area contributed by atoms with Gasteiger partial charge in [0, 0.05) is 17.9 Å². The molecule has 3 nitrogen and oxygen atoms in total. The zero-order valence-electron chi connectivity index (χ0n) is 13.3. The molecule has 4 rings (SSSR count). The van der Waals surface area contributed by atoms with Gasteiger partial charge < -0.3 is 9.84 Å².